The second-order valence-electron chi connectivity index (χ2n) is 2.52. The fraction of sp³-hybridized carbons (Fsp3) is 0.857. The molecule has 1 heterocycles. The van der Waals surface area contributed by atoms with Gasteiger partial charge in [0.25, 0.3) is 0 Å². The van der Waals surface area contributed by atoms with Crippen LogP contribution in [0.15, 0.2) is 0 Å². The Balaban J connectivity index is 2.31. The summed E-state index contributed by atoms with van der Waals surface area (Å²) in [7, 11) is 0. The van der Waals surface area contributed by atoms with Crippen LogP contribution < -0.4 is 0 Å². The van der Waals surface area contributed by atoms with E-state index in [4.69, 9.17) is 0 Å². The Hall–Kier alpha value is 0.0200. The molecule has 0 aromatic rings. The van der Waals surface area contributed by atoms with E-state index in [0.29, 0.717) is 11.7 Å². The monoisotopic (exact) mass is 144 g/mol. The van der Waals surface area contributed by atoms with Gasteiger partial charge in [0.2, 0.25) is 0 Å². The lowest BCUT2D eigenvalue weighted by atomic mass is 10.0. The molecule has 0 aromatic heterocycles. The van der Waals surface area contributed by atoms with Gasteiger partial charge in [0, 0.05) is 11.7 Å². The van der Waals surface area contributed by atoms with Crippen LogP contribution in [0.3, 0.4) is 0 Å². The largest absolute Gasteiger partial charge is 0.300 e. The van der Waals surface area contributed by atoms with E-state index >= 15 is 0 Å². The van der Waals surface area contributed by atoms with E-state index in [1.807, 2.05) is 11.8 Å². The summed E-state index contributed by atoms with van der Waals surface area (Å²) in [6.45, 7) is 1.70. The van der Waals surface area contributed by atoms with Gasteiger partial charge in [0.1, 0.15) is 5.78 Å². The van der Waals surface area contributed by atoms with Crippen LogP contribution in [0.1, 0.15) is 19.8 Å². The van der Waals surface area contributed by atoms with Crippen LogP contribution >= 0.6 is 11.8 Å². The molecular weight excluding hydrogens is 132 g/mol. The third-order valence-electron chi connectivity index (χ3n) is 1.74. The fourth-order valence-corrected chi connectivity index (χ4v) is 2.28. The van der Waals surface area contributed by atoms with Gasteiger partial charge in [0.15, 0.2) is 0 Å². The Morgan fingerprint density at radius 2 is 2.44 bits per heavy atom. The van der Waals surface area contributed by atoms with Crippen molar-refractivity contribution in [2.75, 3.05) is 11.5 Å². The molecule has 0 aromatic carbocycles. The molecule has 0 aliphatic carbocycles. The molecule has 0 saturated carbocycles. The summed E-state index contributed by atoms with van der Waals surface area (Å²) in [5.41, 5.74) is 0. The molecule has 0 amide bonds. The van der Waals surface area contributed by atoms with E-state index in [-0.39, 0.29) is 0 Å². The molecule has 2 heteroatoms. The lowest BCUT2D eigenvalue weighted by molar-refractivity contribution is -0.120. The molecule has 1 aliphatic heterocycles. The van der Waals surface area contributed by atoms with E-state index in [9.17, 15) is 4.79 Å². The first-order valence-electron chi connectivity index (χ1n) is 3.39. The molecular formula is C7H12OS. The maximum absolute atomic E-state index is 10.8. The van der Waals surface area contributed by atoms with E-state index in [1.54, 1.807) is 6.92 Å². The third kappa shape index (κ3) is 2.01. The quantitative estimate of drug-likeness (QED) is 0.557. The Morgan fingerprint density at radius 3 is 2.78 bits per heavy atom. The zero-order valence-electron chi connectivity index (χ0n) is 5.72. The second-order valence-corrected chi connectivity index (χ2v) is 3.67. The molecule has 1 nitrogen and oxygen atoms in total. The molecule has 0 bridgehead atoms. The van der Waals surface area contributed by atoms with Crippen molar-refractivity contribution in [3.05, 3.63) is 0 Å². The Bertz CT molecular complexity index is 105. The van der Waals surface area contributed by atoms with Gasteiger partial charge in [-0.15, -0.1) is 0 Å². The molecule has 1 aliphatic rings. The van der Waals surface area contributed by atoms with E-state index < -0.39 is 0 Å². The van der Waals surface area contributed by atoms with Crippen LogP contribution in [0.4, 0.5) is 0 Å². The van der Waals surface area contributed by atoms with Crippen molar-refractivity contribution in [2.24, 2.45) is 5.92 Å². The van der Waals surface area contributed by atoms with Crippen molar-refractivity contribution < 1.29 is 4.79 Å². The van der Waals surface area contributed by atoms with Crippen molar-refractivity contribution in [2.45, 2.75) is 19.8 Å². The second kappa shape index (κ2) is 3.25. The van der Waals surface area contributed by atoms with Crippen LogP contribution in [0.2, 0.25) is 0 Å². The van der Waals surface area contributed by atoms with Gasteiger partial charge in [0.05, 0.1) is 0 Å². The summed E-state index contributed by atoms with van der Waals surface area (Å²) in [5.74, 6) is 3.07. The van der Waals surface area contributed by atoms with Crippen molar-refractivity contribution in [1.29, 1.82) is 0 Å². The first-order chi connectivity index (χ1) is 4.30. The Kier molecular flexibility index (Phi) is 2.58. The molecule has 1 fully saturated rings. The van der Waals surface area contributed by atoms with Crippen LogP contribution in [0.25, 0.3) is 0 Å². The number of ketones is 1. The SMILES string of the molecule is CC(=O)C1CCCSC1. The summed E-state index contributed by atoms with van der Waals surface area (Å²) >= 11 is 1.91. The van der Waals surface area contributed by atoms with Gasteiger partial charge in [-0.05, 0) is 25.5 Å². The Labute approximate surface area is 60.2 Å². The zero-order chi connectivity index (χ0) is 6.69. The van der Waals surface area contributed by atoms with Gasteiger partial charge in [-0.2, -0.15) is 11.8 Å². The average Bonchev–Trinajstić information content (AvgIpc) is 1.90. The molecule has 1 saturated heterocycles. The number of thioether (sulfide) groups is 1. The highest BCUT2D eigenvalue weighted by molar-refractivity contribution is 7.99. The van der Waals surface area contributed by atoms with E-state index in [1.165, 1.54) is 12.2 Å². The molecule has 0 radical (unpaired) electrons. The van der Waals surface area contributed by atoms with Crippen LogP contribution in [-0.4, -0.2) is 17.3 Å². The standard InChI is InChI=1S/C7H12OS/c1-6(8)7-3-2-4-9-5-7/h7H,2-5H2,1H3. The summed E-state index contributed by atoms with van der Waals surface area (Å²) in [6, 6.07) is 0. The predicted octanol–water partition coefficient (Wildman–Crippen LogP) is 1.72. The summed E-state index contributed by atoms with van der Waals surface area (Å²) in [6.07, 6.45) is 2.36. The van der Waals surface area contributed by atoms with Crippen molar-refractivity contribution in [3.63, 3.8) is 0 Å². The van der Waals surface area contributed by atoms with Crippen molar-refractivity contribution in [3.8, 4) is 0 Å². The average molecular weight is 144 g/mol. The van der Waals surface area contributed by atoms with Gasteiger partial charge < -0.3 is 0 Å². The zero-order valence-corrected chi connectivity index (χ0v) is 6.54. The van der Waals surface area contributed by atoms with Crippen LogP contribution in [0, 0.1) is 5.92 Å². The summed E-state index contributed by atoms with van der Waals surface area (Å²) < 4.78 is 0. The number of carbonyl (C=O) groups excluding carboxylic acids is 1. The first-order valence-corrected chi connectivity index (χ1v) is 4.54. The number of carbonyl (C=O) groups is 1. The number of rotatable bonds is 1. The minimum Gasteiger partial charge on any atom is -0.300 e. The van der Waals surface area contributed by atoms with E-state index in [2.05, 4.69) is 0 Å². The molecule has 1 rings (SSSR count). The Morgan fingerprint density at radius 1 is 1.67 bits per heavy atom. The van der Waals surface area contributed by atoms with Gasteiger partial charge >= 0.3 is 0 Å². The molecule has 52 valence electrons. The highest BCUT2D eigenvalue weighted by atomic mass is 32.2. The number of hydrogen-bond acceptors (Lipinski definition) is 2. The molecule has 1 unspecified atom stereocenters. The minimum absolute atomic E-state index is 0.377. The molecule has 9 heavy (non-hydrogen) atoms. The molecule has 0 spiro atoms. The van der Waals surface area contributed by atoms with Gasteiger partial charge in [-0.25, -0.2) is 0 Å². The highest BCUT2D eigenvalue weighted by Crippen LogP contribution is 2.22. The van der Waals surface area contributed by atoms with E-state index in [0.717, 1.165) is 12.2 Å². The van der Waals surface area contributed by atoms with Crippen LogP contribution in [0.5, 0.6) is 0 Å². The smallest absolute Gasteiger partial charge is 0.133 e. The van der Waals surface area contributed by atoms with Crippen molar-refractivity contribution in [1.82, 2.24) is 0 Å². The normalized spacial score (nSPS) is 27.9. The van der Waals surface area contributed by atoms with Crippen LogP contribution in [-0.2, 0) is 4.79 Å². The maximum Gasteiger partial charge on any atom is 0.133 e. The minimum atomic E-state index is 0.377. The summed E-state index contributed by atoms with van der Waals surface area (Å²) in [5, 5.41) is 0. The lowest BCUT2D eigenvalue weighted by Crippen LogP contribution is -2.17. The number of Topliss-reactive ketones (excluding diaryl/α,β-unsaturated/α-hetero) is 1. The molecule has 1 atom stereocenters. The lowest BCUT2D eigenvalue weighted by Gasteiger charge is -2.17. The maximum atomic E-state index is 10.8. The number of hydrogen-bond donors (Lipinski definition) is 0. The highest BCUT2D eigenvalue weighted by Gasteiger charge is 2.16. The third-order valence-corrected chi connectivity index (χ3v) is 2.95. The van der Waals surface area contributed by atoms with Crippen molar-refractivity contribution >= 4 is 17.5 Å². The van der Waals surface area contributed by atoms with Gasteiger partial charge in [-0.3, -0.25) is 4.79 Å². The fourth-order valence-electron chi connectivity index (χ4n) is 1.06. The predicted molar refractivity (Wildman–Crippen MR) is 40.7 cm³/mol. The molecule has 0 N–H and O–H groups in total. The first kappa shape index (κ1) is 7.13. The topological polar surface area (TPSA) is 17.1 Å². The summed E-state index contributed by atoms with van der Waals surface area (Å²) in [4.78, 5) is 10.8. The van der Waals surface area contributed by atoms with Gasteiger partial charge in [-0.1, -0.05) is 0 Å².